The van der Waals surface area contributed by atoms with Crippen LogP contribution in [0.15, 0.2) is 146 Å². The second kappa shape index (κ2) is 13.0. The van der Waals surface area contributed by atoms with E-state index in [2.05, 4.69) is 190 Å². The molecule has 7 aromatic carbocycles. The van der Waals surface area contributed by atoms with E-state index in [0.29, 0.717) is 0 Å². The Hall–Kier alpha value is -5.58. The maximum Gasteiger partial charge on any atom is 0.198 e. The van der Waals surface area contributed by atoms with E-state index in [1.807, 2.05) is 11.3 Å². The zero-order valence-electron chi connectivity index (χ0n) is 34.2. The minimum Gasteiger partial charge on any atom is -0.355 e. The Kier molecular flexibility index (Phi) is 7.95. The SMILES string of the molecule is CC(C)(C)c1cc2c3c(c1)C1(C)CCCCC1(C)N3c1cc3c(sc4ccccc43)c(-c3ccc(-c4ccccc4)cc3Nc3ccc(-c4ccccc4)cc3)c1B2. The molecule has 3 heterocycles. The predicted octanol–water partition coefficient (Wildman–Crippen LogP) is 13.5. The predicted molar refractivity (Wildman–Crippen MR) is 253 cm³/mol. The minimum absolute atomic E-state index is 0.0243. The highest BCUT2D eigenvalue weighted by Gasteiger charge is 2.59. The molecule has 1 aromatic heterocycles. The van der Waals surface area contributed by atoms with E-state index in [0.717, 1.165) is 18.7 Å². The van der Waals surface area contributed by atoms with Crippen LogP contribution < -0.4 is 21.1 Å². The first-order valence-electron chi connectivity index (χ1n) is 21.2. The molecule has 1 N–H and O–H groups in total. The summed E-state index contributed by atoms with van der Waals surface area (Å²) in [5.74, 6) is 0. The zero-order chi connectivity index (χ0) is 39.4. The Bertz CT molecular complexity index is 2910. The summed E-state index contributed by atoms with van der Waals surface area (Å²) in [7, 11) is 0.912. The summed E-state index contributed by atoms with van der Waals surface area (Å²) in [6, 6.07) is 54.4. The molecule has 0 bridgehead atoms. The Morgan fingerprint density at radius 1 is 0.655 bits per heavy atom. The van der Waals surface area contributed by atoms with E-state index in [-0.39, 0.29) is 16.4 Å². The lowest BCUT2D eigenvalue weighted by Gasteiger charge is -2.51. The molecule has 4 heteroatoms. The van der Waals surface area contributed by atoms with Crippen LogP contribution in [-0.2, 0) is 10.8 Å². The summed E-state index contributed by atoms with van der Waals surface area (Å²) >= 11 is 1.96. The first-order chi connectivity index (χ1) is 28.1. The van der Waals surface area contributed by atoms with Crippen LogP contribution in [0.5, 0.6) is 0 Å². The van der Waals surface area contributed by atoms with Gasteiger partial charge in [0.15, 0.2) is 7.28 Å². The molecule has 0 saturated heterocycles. The number of nitrogens with zero attached hydrogens (tertiary/aromatic N) is 1. The first-order valence-corrected chi connectivity index (χ1v) is 22.0. The maximum absolute atomic E-state index is 4.00. The van der Waals surface area contributed by atoms with Crippen LogP contribution in [0.2, 0.25) is 0 Å². The molecule has 2 unspecified atom stereocenters. The Balaban J connectivity index is 1.18. The summed E-state index contributed by atoms with van der Waals surface area (Å²) in [6.45, 7) is 12.4. The van der Waals surface area contributed by atoms with Crippen molar-refractivity contribution in [3.05, 3.63) is 157 Å². The van der Waals surface area contributed by atoms with Crippen molar-refractivity contribution in [3.63, 3.8) is 0 Å². The third-order valence-corrected chi connectivity index (χ3v) is 15.4. The van der Waals surface area contributed by atoms with E-state index in [9.17, 15) is 0 Å². The van der Waals surface area contributed by atoms with E-state index in [4.69, 9.17) is 0 Å². The van der Waals surface area contributed by atoms with Crippen molar-refractivity contribution < 1.29 is 0 Å². The summed E-state index contributed by atoms with van der Waals surface area (Å²) < 4.78 is 2.72. The third-order valence-electron chi connectivity index (χ3n) is 14.2. The molecule has 0 amide bonds. The largest absolute Gasteiger partial charge is 0.355 e. The Morgan fingerprint density at radius 2 is 1.31 bits per heavy atom. The number of benzene rings is 7. The molecular formula is C54H49BN2S. The van der Waals surface area contributed by atoms with Crippen molar-refractivity contribution >= 4 is 72.5 Å². The normalized spacial score (nSPS) is 19.4. The van der Waals surface area contributed by atoms with Gasteiger partial charge in [-0.05, 0) is 99.9 Å². The summed E-state index contributed by atoms with van der Waals surface area (Å²) in [6.07, 6.45) is 4.97. The molecule has 0 radical (unpaired) electrons. The number of rotatable bonds is 5. The topological polar surface area (TPSA) is 15.3 Å². The average molecular weight is 769 g/mol. The number of anilines is 4. The van der Waals surface area contributed by atoms with Crippen LogP contribution in [0.3, 0.4) is 0 Å². The van der Waals surface area contributed by atoms with Gasteiger partial charge in [-0.3, -0.25) is 0 Å². The second-order valence-corrected chi connectivity index (χ2v) is 19.6. The standard InChI is InChI=1S/C54H49BN2S/c1-52(2,3)38-31-43-50-44(32-38)55-49-46(57(50)54(5)29-15-14-28-53(43,54)4)33-42-40-20-12-13-21-47(40)58-51(42)48(49)41-27-24-37(35-18-10-7-11-19-35)30-45(41)56-39-25-22-36(23-26-39)34-16-8-6-9-17-34/h6-13,16-27,30-33,55-56H,14-15,28-29H2,1-5H3. The second-order valence-electron chi connectivity index (χ2n) is 18.5. The van der Waals surface area contributed by atoms with Crippen molar-refractivity contribution in [2.24, 2.45) is 0 Å². The minimum atomic E-state index is -0.0243. The Labute approximate surface area is 347 Å². The van der Waals surface area contributed by atoms with Gasteiger partial charge in [0.1, 0.15) is 0 Å². The highest BCUT2D eigenvalue weighted by molar-refractivity contribution is 7.26. The smallest absolute Gasteiger partial charge is 0.198 e. The van der Waals surface area contributed by atoms with Crippen molar-refractivity contribution in [3.8, 4) is 33.4 Å². The van der Waals surface area contributed by atoms with E-state index in [1.165, 1.54) is 107 Å². The number of fused-ring (bicyclic) bond motifs is 8. The van der Waals surface area contributed by atoms with Crippen LogP contribution >= 0.6 is 11.3 Å². The van der Waals surface area contributed by atoms with Gasteiger partial charge in [0.05, 0.1) is 5.54 Å². The highest BCUT2D eigenvalue weighted by Crippen LogP contribution is 2.62. The number of hydrogen-bond acceptors (Lipinski definition) is 3. The van der Waals surface area contributed by atoms with E-state index >= 15 is 0 Å². The summed E-state index contributed by atoms with van der Waals surface area (Å²) in [5.41, 5.74) is 18.7. The fraction of sp³-hybridized carbons (Fsp3) is 0.222. The number of thiophene rings is 1. The molecule has 2 atom stereocenters. The molecule has 2 aliphatic heterocycles. The van der Waals surface area contributed by atoms with Crippen molar-refractivity contribution in [2.45, 2.75) is 76.7 Å². The quantitative estimate of drug-likeness (QED) is 0.175. The summed E-state index contributed by atoms with van der Waals surface area (Å²) in [4.78, 5) is 2.87. The van der Waals surface area contributed by atoms with Gasteiger partial charge in [-0.25, -0.2) is 0 Å². The van der Waals surface area contributed by atoms with Gasteiger partial charge >= 0.3 is 0 Å². The molecule has 1 aliphatic carbocycles. The lowest BCUT2D eigenvalue weighted by atomic mass is 9.57. The maximum atomic E-state index is 4.00. The van der Waals surface area contributed by atoms with Crippen molar-refractivity contribution in [2.75, 3.05) is 10.2 Å². The molecule has 3 aliphatic rings. The van der Waals surface area contributed by atoms with Crippen LogP contribution in [0, 0.1) is 0 Å². The molecule has 284 valence electrons. The van der Waals surface area contributed by atoms with Gasteiger partial charge < -0.3 is 10.2 Å². The van der Waals surface area contributed by atoms with Gasteiger partial charge in [0, 0.05) is 53.9 Å². The summed E-state index contributed by atoms with van der Waals surface area (Å²) in [5, 5.41) is 6.71. The number of nitrogens with one attached hydrogen (secondary N) is 1. The number of hydrogen-bond donors (Lipinski definition) is 1. The van der Waals surface area contributed by atoms with Crippen LogP contribution in [-0.4, -0.2) is 12.8 Å². The molecule has 0 spiro atoms. The molecule has 2 nitrogen and oxygen atoms in total. The fourth-order valence-corrected chi connectivity index (χ4v) is 12.1. The molecule has 1 fully saturated rings. The third kappa shape index (κ3) is 5.30. The van der Waals surface area contributed by atoms with Gasteiger partial charge in [-0.1, -0.05) is 161 Å². The van der Waals surface area contributed by atoms with Crippen LogP contribution in [0.4, 0.5) is 22.7 Å². The lowest BCUT2D eigenvalue weighted by molar-refractivity contribution is 0.195. The molecule has 11 rings (SSSR count). The molecule has 58 heavy (non-hydrogen) atoms. The highest BCUT2D eigenvalue weighted by atomic mass is 32.1. The van der Waals surface area contributed by atoms with Crippen LogP contribution in [0.25, 0.3) is 53.6 Å². The fourth-order valence-electron chi connectivity index (χ4n) is 10.8. The zero-order valence-corrected chi connectivity index (χ0v) is 35.1. The lowest BCUT2D eigenvalue weighted by Crippen LogP contribution is -2.57. The Morgan fingerprint density at radius 3 is 2.05 bits per heavy atom. The van der Waals surface area contributed by atoms with E-state index in [1.54, 1.807) is 5.56 Å². The molecular weight excluding hydrogens is 719 g/mol. The first kappa shape index (κ1) is 35.6. The van der Waals surface area contributed by atoms with Gasteiger partial charge in [0.25, 0.3) is 0 Å². The van der Waals surface area contributed by atoms with Crippen molar-refractivity contribution in [1.82, 2.24) is 0 Å². The average Bonchev–Trinajstić information content (AvgIpc) is 3.71. The van der Waals surface area contributed by atoms with Gasteiger partial charge in [0.2, 0.25) is 0 Å². The van der Waals surface area contributed by atoms with Crippen LogP contribution in [0.1, 0.15) is 71.4 Å². The molecule has 8 aromatic rings. The van der Waals surface area contributed by atoms with Gasteiger partial charge in [-0.2, -0.15) is 0 Å². The van der Waals surface area contributed by atoms with E-state index < -0.39 is 0 Å². The molecule has 1 saturated carbocycles. The van der Waals surface area contributed by atoms with Crippen molar-refractivity contribution in [1.29, 1.82) is 0 Å². The monoisotopic (exact) mass is 768 g/mol. The van der Waals surface area contributed by atoms with Gasteiger partial charge in [-0.15, -0.1) is 11.3 Å².